The number of aromatic carboxylic acids is 1. The summed E-state index contributed by atoms with van der Waals surface area (Å²) in [4.78, 5) is 26.4. The smallest absolute Gasteiger partial charge is 0.335 e. The lowest BCUT2D eigenvalue weighted by Crippen LogP contribution is -2.60. The van der Waals surface area contributed by atoms with E-state index in [0.29, 0.717) is 6.54 Å². The Balaban J connectivity index is 1.62. The molecule has 1 aromatic carbocycles. The SMILES string of the molecule is CC1(C)CN(C(=O)NCc2ccc(C(=O)O)cc2)C1c1cccs1. The van der Waals surface area contributed by atoms with Gasteiger partial charge in [-0.1, -0.05) is 32.0 Å². The second-order valence-corrected chi connectivity index (χ2v) is 7.67. The number of amides is 2. The molecule has 0 bridgehead atoms. The molecule has 0 radical (unpaired) electrons. The fourth-order valence-corrected chi connectivity index (χ4v) is 4.19. The van der Waals surface area contributed by atoms with E-state index in [1.807, 2.05) is 16.3 Å². The number of hydrogen-bond acceptors (Lipinski definition) is 3. The number of carboxylic acids is 1. The van der Waals surface area contributed by atoms with Gasteiger partial charge in [-0.15, -0.1) is 11.3 Å². The number of carboxylic acid groups (broad SMARTS) is 1. The second kappa shape index (κ2) is 6.28. The van der Waals surface area contributed by atoms with Gasteiger partial charge in [0.25, 0.3) is 0 Å². The number of rotatable bonds is 4. The summed E-state index contributed by atoms with van der Waals surface area (Å²) in [6, 6.07) is 10.6. The highest BCUT2D eigenvalue weighted by molar-refractivity contribution is 7.10. The van der Waals surface area contributed by atoms with Gasteiger partial charge in [0.1, 0.15) is 0 Å². The lowest BCUT2D eigenvalue weighted by atomic mass is 9.74. The highest BCUT2D eigenvalue weighted by atomic mass is 32.1. The first kappa shape index (κ1) is 16.5. The van der Waals surface area contributed by atoms with Crippen molar-refractivity contribution in [3.8, 4) is 0 Å². The predicted molar refractivity (Wildman–Crippen MR) is 93.2 cm³/mol. The topological polar surface area (TPSA) is 69.6 Å². The van der Waals surface area contributed by atoms with Gasteiger partial charge in [0.15, 0.2) is 0 Å². The van der Waals surface area contributed by atoms with Crippen molar-refractivity contribution in [1.29, 1.82) is 0 Å². The summed E-state index contributed by atoms with van der Waals surface area (Å²) < 4.78 is 0. The molecule has 1 unspecified atom stereocenters. The van der Waals surface area contributed by atoms with Crippen molar-refractivity contribution >= 4 is 23.3 Å². The zero-order valence-corrected chi connectivity index (χ0v) is 14.5. The Labute approximate surface area is 144 Å². The molecule has 0 aliphatic carbocycles. The number of likely N-dealkylation sites (tertiary alicyclic amines) is 1. The van der Waals surface area contributed by atoms with Gasteiger partial charge < -0.3 is 15.3 Å². The van der Waals surface area contributed by atoms with Crippen LogP contribution in [0.25, 0.3) is 0 Å². The number of benzene rings is 1. The molecule has 2 N–H and O–H groups in total. The second-order valence-electron chi connectivity index (χ2n) is 6.70. The monoisotopic (exact) mass is 344 g/mol. The fraction of sp³-hybridized carbons (Fsp3) is 0.333. The number of nitrogens with one attached hydrogen (secondary N) is 1. The molecule has 126 valence electrons. The molecular formula is C18H20N2O3S. The molecule has 1 aromatic heterocycles. The lowest BCUT2D eigenvalue weighted by Gasteiger charge is -2.53. The van der Waals surface area contributed by atoms with Crippen molar-refractivity contribution in [2.24, 2.45) is 5.41 Å². The molecule has 6 heteroatoms. The van der Waals surface area contributed by atoms with E-state index in [1.165, 1.54) is 4.88 Å². The molecule has 2 amide bonds. The van der Waals surface area contributed by atoms with Crippen molar-refractivity contribution in [1.82, 2.24) is 10.2 Å². The van der Waals surface area contributed by atoms with E-state index >= 15 is 0 Å². The van der Waals surface area contributed by atoms with E-state index in [9.17, 15) is 9.59 Å². The summed E-state index contributed by atoms with van der Waals surface area (Å²) in [5, 5.41) is 13.9. The summed E-state index contributed by atoms with van der Waals surface area (Å²) in [6.45, 7) is 5.45. The van der Waals surface area contributed by atoms with Gasteiger partial charge in [-0.3, -0.25) is 0 Å². The molecule has 2 heterocycles. The van der Waals surface area contributed by atoms with Crippen LogP contribution in [-0.2, 0) is 6.54 Å². The average Bonchev–Trinajstić information content (AvgIpc) is 3.04. The molecular weight excluding hydrogens is 324 g/mol. The molecule has 5 nitrogen and oxygen atoms in total. The number of urea groups is 1. The fourth-order valence-electron chi connectivity index (χ4n) is 3.15. The molecule has 1 fully saturated rings. The normalized spacial score (nSPS) is 18.8. The van der Waals surface area contributed by atoms with Gasteiger partial charge in [-0.25, -0.2) is 9.59 Å². The van der Waals surface area contributed by atoms with Crippen LogP contribution in [0.15, 0.2) is 41.8 Å². The predicted octanol–water partition coefficient (Wildman–Crippen LogP) is 3.74. The minimum absolute atomic E-state index is 0.0747. The van der Waals surface area contributed by atoms with E-state index in [0.717, 1.165) is 12.1 Å². The van der Waals surface area contributed by atoms with Crippen LogP contribution >= 0.6 is 11.3 Å². The molecule has 1 atom stereocenters. The first-order valence-corrected chi connectivity index (χ1v) is 8.66. The van der Waals surface area contributed by atoms with Gasteiger partial charge in [-0.2, -0.15) is 0 Å². The summed E-state index contributed by atoms with van der Waals surface area (Å²) in [6.07, 6.45) is 0. The van der Waals surface area contributed by atoms with Crippen LogP contribution in [0.3, 0.4) is 0 Å². The van der Waals surface area contributed by atoms with Gasteiger partial charge in [-0.05, 0) is 29.1 Å². The Morgan fingerprint density at radius 2 is 2.00 bits per heavy atom. The van der Waals surface area contributed by atoms with Gasteiger partial charge in [0.2, 0.25) is 0 Å². The number of carbonyl (C=O) groups is 2. The highest BCUT2D eigenvalue weighted by Gasteiger charge is 2.49. The molecule has 24 heavy (non-hydrogen) atoms. The molecule has 0 saturated carbocycles. The summed E-state index contributed by atoms with van der Waals surface area (Å²) in [7, 11) is 0. The van der Waals surface area contributed by atoms with Crippen molar-refractivity contribution < 1.29 is 14.7 Å². The van der Waals surface area contributed by atoms with Crippen LogP contribution in [0.2, 0.25) is 0 Å². The Hall–Kier alpha value is -2.34. The van der Waals surface area contributed by atoms with Crippen molar-refractivity contribution in [3.63, 3.8) is 0 Å². The van der Waals surface area contributed by atoms with Crippen molar-refractivity contribution in [2.75, 3.05) is 6.54 Å². The number of carbonyl (C=O) groups excluding carboxylic acids is 1. The van der Waals surface area contributed by atoms with E-state index < -0.39 is 5.97 Å². The number of thiophene rings is 1. The van der Waals surface area contributed by atoms with Crippen LogP contribution in [0, 0.1) is 5.41 Å². The van der Waals surface area contributed by atoms with Crippen LogP contribution in [0.5, 0.6) is 0 Å². The molecule has 3 rings (SSSR count). The average molecular weight is 344 g/mol. The first-order chi connectivity index (χ1) is 11.4. The highest BCUT2D eigenvalue weighted by Crippen LogP contribution is 2.49. The van der Waals surface area contributed by atoms with Crippen molar-refractivity contribution in [3.05, 3.63) is 57.8 Å². The summed E-state index contributed by atoms with van der Waals surface area (Å²) >= 11 is 1.67. The van der Waals surface area contributed by atoms with Crippen LogP contribution in [0.1, 0.15) is 40.7 Å². The Morgan fingerprint density at radius 1 is 1.29 bits per heavy atom. The van der Waals surface area contributed by atoms with Gasteiger partial charge in [0, 0.05) is 23.4 Å². The number of nitrogens with zero attached hydrogens (tertiary/aromatic N) is 1. The third kappa shape index (κ3) is 3.14. The zero-order chi connectivity index (χ0) is 17.3. The third-order valence-corrected chi connectivity index (χ3v) is 5.27. The van der Waals surface area contributed by atoms with Crippen LogP contribution in [-0.4, -0.2) is 28.6 Å². The Kier molecular flexibility index (Phi) is 4.32. The summed E-state index contributed by atoms with van der Waals surface area (Å²) in [5.41, 5.74) is 1.19. The zero-order valence-electron chi connectivity index (χ0n) is 13.7. The Bertz CT molecular complexity index is 738. The van der Waals surface area contributed by atoms with E-state index in [2.05, 4.69) is 25.2 Å². The van der Waals surface area contributed by atoms with Crippen molar-refractivity contribution in [2.45, 2.75) is 26.4 Å². The minimum Gasteiger partial charge on any atom is -0.478 e. The van der Waals surface area contributed by atoms with Gasteiger partial charge >= 0.3 is 12.0 Å². The van der Waals surface area contributed by atoms with E-state index in [-0.39, 0.29) is 23.1 Å². The summed E-state index contributed by atoms with van der Waals surface area (Å²) in [5.74, 6) is -0.952. The maximum absolute atomic E-state index is 12.5. The molecule has 1 aliphatic heterocycles. The lowest BCUT2D eigenvalue weighted by molar-refractivity contribution is -0.0144. The van der Waals surface area contributed by atoms with Gasteiger partial charge in [0.05, 0.1) is 11.6 Å². The van der Waals surface area contributed by atoms with E-state index in [4.69, 9.17) is 5.11 Å². The number of hydrogen-bond donors (Lipinski definition) is 2. The maximum Gasteiger partial charge on any atom is 0.335 e. The molecule has 0 spiro atoms. The molecule has 2 aromatic rings. The molecule has 1 aliphatic rings. The standard InChI is InChI=1S/C18H20N2O3S/c1-18(2)11-20(15(18)14-4-3-9-24-14)17(23)19-10-12-5-7-13(8-6-12)16(21)22/h3-9,15H,10-11H2,1-2H3,(H,19,23)(H,21,22). The minimum atomic E-state index is -0.952. The molecule has 1 saturated heterocycles. The Morgan fingerprint density at radius 3 is 2.54 bits per heavy atom. The first-order valence-electron chi connectivity index (χ1n) is 7.78. The van der Waals surface area contributed by atoms with E-state index in [1.54, 1.807) is 35.6 Å². The third-order valence-electron chi connectivity index (χ3n) is 4.35. The van der Waals surface area contributed by atoms with Crippen LogP contribution < -0.4 is 5.32 Å². The quantitative estimate of drug-likeness (QED) is 0.888. The maximum atomic E-state index is 12.5. The van der Waals surface area contributed by atoms with Crippen LogP contribution in [0.4, 0.5) is 4.79 Å². The largest absolute Gasteiger partial charge is 0.478 e.